The molecule has 2 N–H and O–H groups in total. The van der Waals surface area contributed by atoms with Gasteiger partial charge in [0.25, 0.3) is 0 Å². The Labute approximate surface area is 156 Å². The predicted octanol–water partition coefficient (Wildman–Crippen LogP) is 2.84. The van der Waals surface area contributed by atoms with Crippen LogP contribution in [0.2, 0.25) is 5.02 Å². The van der Waals surface area contributed by atoms with E-state index < -0.39 is 16.0 Å². The topological polar surface area (TPSA) is 105 Å². The summed E-state index contributed by atoms with van der Waals surface area (Å²) in [6.07, 6.45) is 0. The van der Waals surface area contributed by atoms with E-state index in [1.165, 1.54) is 12.1 Å². The summed E-state index contributed by atoms with van der Waals surface area (Å²) < 4.78 is 39.4. The smallest absolute Gasteiger partial charge is 0.338 e. The van der Waals surface area contributed by atoms with Crippen molar-refractivity contribution >= 4 is 43.5 Å². The quantitative estimate of drug-likeness (QED) is 0.721. The van der Waals surface area contributed by atoms with E-state index in [9.17, 15) is 13.2 Å². The summed E-state index contributed by atoms with van der Waals surface area (Å²) in [5.41, 5.74) is 0.684. The molecule has 1 aliphatic rings. The minimum absolute atomic E-state index is 0.0188. The highest BCUT2D eigenvalue weighted by Crippen LogP contribution is 2.37. The van der Waals surface area contributed by atoms with Crippen LogP contribution in [0.3, 0.4) is 0 Å². The fourth-order valence-corrected chi connectivity index (χ4v) is 3.65. The Hall–Kier alpha value is -1.81. The Balaban J connectivity index is 1.78. The first-order chi connectivity index (χ1) is 11.8. The second-order valence-electron chi connectivity index (χ2n) is 5.06. The second kappa shape index (κ2) is 6.83. The van der Waals surface area contributed by atoms with Crippen LogP contribution in [0.5, 0.6) is 11.5 Å². The lowest BCUT2D eigenvalue weighted by atomic mass is 10.2. The number of hydrogen-bond acceptors (Lipinski definition) is 6. The minimum Gasteiger partial charge on any atom is -0.457 e. The van der Waals surface area contributed by atoms with Crippen molar-refractivity contribution in [2.45, 2.75) is 11.5 Å². The Morgan fingerprint density at radius 2 is 1.92 bits per heavy atom. The fraction of sp³-hybridized carbons (Fsp3) is 0.133. The van der Waals surface area contributed by atoms with Crippen LogP contribution in [0.1, 0.15) is 15.9 Å². The van der Waals surface area contributed by atoms with Crippen molar-refractivity contribution in [3.8, 4) is 11.5 Å². The molecule has 10 heteroatoms. The SMILES string of the molecule is NS(=O)(=O)c1cc(C(=O)OCc2cc3c(cc2Br)OCO3)ccc1Cl. The number of carbonyl (C=O) groups excluding carboxylic acids is 1. The van der Waals surface area contributed by atoms with Gasteiger partial charge in [0.05, 0.1) is 10.6 Å². The average Bonchev–Trinajstić information content (AvgIpc) is 2.98. The summed E-state index contributed by atoms with van der Waals surface area (Å²) in [6, 6.07) is 7.11. The van der Waals surface area contributed by atoms with Crippen molar-refractivity contribution in [3.63, 3.8) is 0 Å². The van der Waals surface area contributed by atoms with Crippen molar-refractivity contribution in [1.29, 1.82) is 0 Å². The fourth-order valence-electron chi connectivity index (χ4n) is 2.14. The molecule has 132 valence electrons. The zero-order chi connectivity index (χ0) is 18.2. The maximum Gasteiger partial charge on any atom is 0.338 e. The van der Waals surface area contributed by atoms with E-state index in [-0.39, 0.29) is 28.9 Å². The molecule has 0 aromatic heterocycles. The molecule has 2 aromatic rings. The van der Waals surface area contributed by atoms with Crippen LogP contribution in [0, 0.1) is 0 Å². The molecule has 0 spiro atoms. The summed E-state index contributed by atoms with van der Waals surface area (Å²) in [4.78, 5) is 11.8. The van der Waals surface area contributed by atoms with E-state index in [2.05, 4.69) is 15.9 Å². The number of sulfonamides is 1. The van der Waals surface area contributed by atoms with Gasteiger partial charge in [0.1, 0.15) is 11.5 Å². The number of rotatable bonds is 4. The van der Waals surface area contributed by atoms with Crippen molar-refractivity contribution in [2.24, 2.45) is 5.14 Å². The molecule has 0 aliphatic carbocycles. The lowest BCUT2D eigenvalue weighted by molar-refractivity contribution is 0.0471. The van der Waals surface area contributed by atoms with Crippen LogP contribution in [0.15, 0.2) is 39.7 Å². The number of esters is 1. The van der Waals surface area contributed by atoms with E-state index in [1.54, 1.807) is 12.1 Å². The number of primary sulfonamides is 1. The van der Waals surface area contributed by atoms with Gasteiger partial charge in [-0.25, -0.2) is 18.4 Å². The number of hydrogen-bond donors (Lipinski definition) is 1. The largest absolute Gasteiger partial charge is 0.457 e. The van der Waals surface area contributed by atoms with E-state index in [1.807, 2.05) is 0 Å². The number of ether oxygens (including phenoxy) is 3. The van der Waals surface area contributed by atoms with Crippen molar-refractivity contribution in [1.82, 2.24) is 0 Å². The van der Waals surface area contributed by atoms with Crippen LogP contribution in [0.25, 0.3) is 0 Å². The Morgan fingerprint density at radius 3 is 2.60 bits per heavy atom. The molecule has 0 unspecified atom stereocenters. The highest BCUT2D eigenvalue weighted by Gasteiger charge is 2.19. The highest BCUT2D eigenvalue weighted by molar-refractivity contribution is 9.10. The number of benzene rings is 2. The molecule has 0 atom stereocenters. The van der Waals surface area contributed by atoms with Gasteiger partial charge < -0.3 is 14.2 Å². The van der Waals surface area contributed by atoms with Gasteiger partial charge in [-0.2, -0.15) is 0 Å². The van der Waals surface area contributed by atoms with Gasteiger partial charge in [0, 0.05) is 10.0 Å². The summed E-state index contributed by atoms with van der Waals surface area (Å²) in [6.45, 7) is 0.0789. The summed E-state index contributed by atoms with van der Waals surface area (Å²) in [7, 11) is -4.05. The maximum absolute atomic E-state index is 12.2. The van der Waals surface area contributed by atoms with Gasteiger partial charge in [-0.3, -0.25) is 0 Å². The molecule has 0 radical (unpaired) electrons. The molecule has 0 saturated carbocycles. The standard InChI is InChI=1S/C15H11BrClNO6S/c16-10-5-13-12(23-7-24-13)3-9(10)6-22-15(19)8-1-2-11(17)14(4-8)25(18,20)21/h1-5H,6-7H2,(H2,18,20,21). The predicted molar refractivity (Wildman–Crippen MR) is 92.2 cm³/mol. The van der Waals surface area contributed by atoms with Crippen molar-refractivity contribution in [3.05, 3.63) is 51.0 Å². The molecule has 25 heavy (non-hydrogen) atoms. The molecular weight excluding hydrogens is 438 g/mol. The van der Waals surface area contributed by atoms with Gasteiger partial charge >= 0.3 is 5.97 Å². The lowest BCUT2D eigenvalue weighted by Gasteiger charge is -2.09. The molecule has 1 heterocycles. The Bertz CT molecular complexity index is 963. The van der Waals surface area contributed by atoms with Crippen LogP contribution < -0.4 is 14.6 Å². The number of nitrogens with two attached hydrogens (primary N) is 1. The molecule has 0 saturated heterocycles. The third-order valence-electron chi connectivity index (χ3n) is 3.37. The van der Waals surface area contributed by atoms with Gasteiger partial charge in [0.15, 0.2) is 11.5 Å². The first kappa shape index (κ1) is 18.0. The second-order valence-corrected chi connectivity index (χ2v) is 7.85. The monoisotopic (exact) mass is 447 g/mol. The normalized spacial score (nSPS) is 12.9. The molecule has 0 fully saturated rings. The summed E-state index contributed by atoms with van der Waals surface area (Å²) >= 11 is 9.15. The van der Waals surface area contributed by atoms with Crippen LogP contribution >= 0.6 is 27.5 Å². The first-order valence-corrected chi connectivity index (χ1v) is 9.55. The summed E-state index contributed by atoms with van der Waals surface area (Å²) in [5, 5.41) is 5.00. The minimum atomic E-state index is -4.05. The van der Waals surface area contributed by atoms with E-state index in [0.29, 0.717) is 21.5 Å². The number of fused-ring (bicyclic) bond motifs is 1. The Kier molecular flexibility index (Phi) is 4.92. The molecule has 1 aliphatic heterocycles. The summed E-state index contributed by atoms with van der Waals surface area (Å²) in [5.74, 6) is 0.431. The molecule has 0 amide bonds. The van der Waals surface area contributed by atoms with Gasteiger partial charge in [-0.05, 0) is 30.3 Å². The third kappa shape index (κ3) is 3.90. The van der Waals surface area contributed by atoms with Crippen LogP contribution in [-0.4, -0.2) is 21.2 Å². The number of carbonyl (C=O) groups is 1. The molecule has 0 bridgehead atoms. The molecule has 2 aromatic carbocycles. The molecule has 7 nitrogen and oxygen atoms in total. The van der Waals surface area contributed by atoms with E-state index in [0.717, 1.165) is 6.07 Å². The molecule has 3 rings (SSSR count). The Morgan fingerprint density at radius 1 is 1.24 bits per heavy atom. The first-order valence-electron chi connectivity index (χ1n) is 6.83. The molecular formula is C15H11BrClNO6S. The maximum atomic E-state index is 12.2. The zero-order valence-corrected chi connectivity index (χ0v) is 15.7. The van der Waals surface area contributed by atoms with Gasteiger partial charge in [-0.1, -0.05) is 27.5 Å². The van der Waals surface area contributed by atoms with Crippen LogP contribution in [-0.2, 0) is 21.4 Å². The van der Waals surface area contributed by atoms with E-state index in [4.69, 9.17) is 31.0 Å². The van der Waals surface area contributed by atoms with E-state index >= 15 is 0 Å². The highest BCUT2D eigenvalue weighted by atomic mass is 79.9. The number of halogens is 2. The van der Waals surface area contributed by atoms with Gasteiger partial charge in [0.2, 0.25) is 16.8 Å². The van der Waals surface area contributed by atoms with Crippen molar-refractivity contribution < 1.29 is 27.4 Å². The average molecular weight is 449 g/mol. The third-order valence-corrected chi connectivity index (χ3v) is 5.50. The van der Waals surface area contributed by atoms with Crippen molar-refractivity contribution in [2.75, 3.05) is 6.79 Å². The lowest BCUT2D eigenvalue weighted by Crippen LogP contribution is -2.14. The van der Waals surface area contributed by atoms with Crippen LogP contribution in [0.4, 0.5) is 0 Å². The zero-order valence-electron chi connectivity index (χ0n) is 12.5. The van der Waals surface area contributed by atoms with Gasteiger partial charge in [-0.15, -0.1) is 0 Å².